The summed E-state index contributed by atoms with van der Waals surface area (Å²) in [5, 5.41) is 0. The molecular formula is C15H20F3N5O. The standard InChI is InChI=1S/C15H20F3N5O/c1-21(2)14-19-9-12(10-20-14)3-4-13(24)23-7-5-22(6-8-23)11-15(16,17)18/h3-4,9-10H,5-8,11H2,1-2H3. The fourth-order valence-electron chi connectivity index (χ4n) is 2.30. The fourth-order valence-corrected chi connectivity index (χ4v) is 2.30. The van der Waals surface area contributed by atoms with Crippen molar-refractivity contribution in [2.75, 3.05) is 51.7 Å². The zero-order valence-electron chi connectivity index (χ0n) is 13.6. The van der Waals surface area contributed by atoms with Crippen molar-refractivity contribution in [3.63, 3.8) is 0 Å². The highest BCUT2D eigenvalue weighted by molar-refractivity contribution is 5.91. The number of carbonyl (C=O) groups excluding carboxylic acids is 1. The number of anilines is 1. The highest BCUT2D eigenvalue weighted by atomic mass is 19.4. The minimum atomic E-state index is -4.20. The van der Waals surface area contributed by atoms with Gasteiger partial charge >= 0.3 is 6.18 Å². The number of hydrogen-bond acceptors (Lipinski definition) is 5. The minimum absolute atomic E-state index is 0.222. The van der Waals surface area contributed by atoms with Gasteiger partial charge in [0.05, 0.1) is 6.54 Å². The number of nitrogens with zero attached hydrogens (tertiary/aromatic N) is 5. The maximum absolute atomic E-state index is 12.3. The summed E-state index contributed by atoms with van der Waals surface area (Å²) < 4.78 is 37.0. The van der Waals surface area contributed by atoms with Gasteiger partial charge in [0.1, 0.15) is 0 Å². The Morgan fingerprint density at radius 2 is 1.79 bits per heavy atom. The van der Waals surface area contributed by atoms with Crippen LogP contribution in [0.3, 0.4) is 0 Å². The summed E-state index contributed by atoms with van der Waals surface area (Å²) in [6, 6.07) is 0. The third-order valence-electron chi connectivity index (χ3n) is 3.56. The molecule has 0 aliphatic carbocycles. The van der Waals surface area contributed by atoms with Crippen molar-refractivity contribution in [2.45, 2.75) is 6.18 Å². The number of alkyl halides is 3. The van der Waals surface area contributed by atoms with E-state index in [1.54, 1.807) is 28.3 Å². The van der Waals surface area contributed by atoms with E-state index < -0.39 is 12.7 Å². The van der Waals surface area contributed by atoms with Gasteiger partial charge in [-0.2, -0.15) is 13.2 Å². The third kappa shape index (κ3) is 5.48. The molecule has 9 heteroatoms. The molecule has 1 aliphatic rings. The Balaban J connectivity index is 1.85. The van der Waals surface area contributed by atoms with Crippen molar-refractivity contribution in [3.05, 3.63) is 24.0 Å². The molecule has 1 amide bonds. The van der Waals surface area contributed by atoms with Crippen LogP contribution in [-0.2, 0) is 4.79 Å². The zero-order valence-corrected chi connectivity index (χ0v) is 13.6. The van der Waals surface area contributed by atoms with E-state index in [1.165, 1.54) is 11.0 Å². The number of piperazine rings is 1. The van der Waals surface area contributed by atoms with Gasteiger partial charge in [-0.3, -0.25) is 9.69 Å². The van der Waals surface area contributed by atoms with E-state index in [0.29, 0.717) is 11.5 Å². The monoisotopic (exact) mass is 343 g/mol. The molecule has 0 saturated carbocycles. The van der Waals surface area contributed by atoms with E-state index in [4.69, 9.17) is 0 Å². The summed E-state index contributed by atoms with van der Waals surface area (Å²) in [4.78, 5) is 25.0. The Kier molecular flexibility index (Phi) is 5.76. The van der Waals surface area contributed by atoms with Gasteiger partial charge in [-0.15, -0.1) is 0 Å². The molecule has 0 radical (unpaired) electrons. The van der Waals surface area contributed by atoms with E-state index in [9.17, 15) is 18.0 Å². The van der Waals surface area contributed by atoms with Crippen LogP contribution in [0.4, 0.5) is 19.1 Å². The predicted octanol–water partition coefficient (Wildman–Crippen LogP) is 1.26. The average molecular weight is 343 g/mol. The van der Waals surface area contributed by atoms with Gasteiger partial charge < -0.3 is 9.80 Å². The van der Waals surface area contributed by atoms with Crippen molar-refractivity contribution in [2.24, 2.45) is 0 Å². The van der Waals surface area contributed by atoms with Crippen molar-refractivity contribution in [1.29, 1.82) is 0 Å². The number of carbonyl (C=O) groups is 1. The quantitative estimate of drug-likeness (QED) is 0.771. The molecule has 2 rings (SSSR count). The number of amides is 1. The molecule has 1 saturated heterocycles. The summed E-state index contributed by atoms with van der Waals surface area (Å²) in [6.45, 7) is 0.0878. The van der Waals surface area contributed by atoms with Gasteiger partial charge in [-0.05, 0) is 6.08 Å². The lowest BCUT2D eigenvalue weighted by Crippen LogP contribution is -2.50. The van der Waals surface area contributed by atoms with Crippen LogP contribution in [0.15, 0.2) is 18.5 Å². The first-order valence-electron chi connectivity index (χ1n) is 7.50. The average Bonchev–Trinajstić information content (AvgIpc) is 2.52. The van der Waals surface area contributed by atoms with Gasteiger partial charge in [0.15, 0.2) is 0 Å². The Morgan fingerprint density at radius 3 is 2.29 bits per heavy atom. The molecule has 24 heavy (non-hydrogen) atoms. The van der Waals surface area contributed by atoms with Gasteiger partial charge in [0, 0.05) is 64.3 Å². The minimum Gasteiger partial charge on any atom is -0.347 e. The van der Waals surface area contributed by atoms with E-state index in [1.807, 2.05) is 14.1 Å². The van der Waals surface area contributed by atoms with Crippen LogP contribution in [0.5, 0.6) is 0 Å². The van der Waals surface area contributed by atoms with Gasteiger partial charge in [0.25, 0.3) is 0 Å². The SMILES string of the molecule is CN(C)c1ncc(C=CC(=O)N2CCN(CC(F)(F)F)CC2)cn1. The van der Waals surface area contributed by atoms with E-state index in [-0.39, 0.29) is 32.1 Å². The molecule has 1 aromatic heterocycles. The second-order valence-electron chi connectivity index (χ2n) is 5.76. The van der Waals surface area contributed by atoms with Crippen molar-refractivity contribution >= 4 is 17.9 Å². The first-order chi connectivity index (χ1) is 11.2. The Hall–Kier alpha value is -2.16. The summed E-state index contributed by atoms with van der Waals surface area (Å²) in [6.07, 6.45) is 2.00. The lowest BCUT2D eigenvalue weighted by atomic mass is 10.2. The van der Waals surface area contributed by atoms with Crippen molar-refractivity contribution < 1.29 is 18.0 Å². The number of aromatic nitrogens is 2. The molecule has 0 N–H and O–H groups in total. The van der Waals surface area contributed by atoms with Gasteiger partial charge in [-0.1, -0.05) is 0 Å². The smallest absolute Gasteiger partial charge is 0.347 e. The van der Waals surface area contributed by atoms with Crippen LogP contribution in [0, 0.1) is 0 Å². The van der Waals surface area contributed by atoms with Crippen molar-refractivity contribution in [1.82, 2.24) is 19.8 Å². The number of halogens is 3. The van der Waals surface area contributed by atoms with Crippen LogP contribution in [0.25, 0.3) is 6.08 Å². The molecule has 1 fully saturated rings. The van der Waals surface area contributed by atoms with Crippen molar-refractivity contribution in [3.8, 4) is 0 Å². The molecule has 6 nitrogen and oxygen atoms in total. The van der Waals surface area contributed by atoms with Crippen LogP contribution < -0.4 is 4.90 Å². The molecule has 1 aliphatic heterocycles. The number of rotatable bonds is 4. The van der Waals surface area contributed by atoms with Crippen LogP contribution in [0.1, 0.15) is 5.56 Å². The first-order valence-corrected chi connectivity index (χ1v) is 7.50. The topological polar surface area (TPSA) is 52.6 Å². The Morgan fingerprint density at radius 1 is 1.21 bits per heavy atom. The van der Waals surface area contributed by atoms with Crippen LogP contribution >= 0.6 is 0 Å². The number of hydrogen-bond donors (Lipinski definition) is 0. The van der Waals surface area contributed by atoms with E-state index >= 15 is 0 Å². The zero-order chi connectivity index (χ0) is 17.7. The maximum atomic E-state index is 12.3. The third-order valence-corrected chi connectivity index (χ3v) is 3.56. The van der Waals surface area contributed by atoms with E-state index in [2.05, 4.69) is 9.97 Å². The molecule has 0 spiro atoms. The summed E-state index contributed by atoms with van der Waals surface area (Å²) >= 11 is 0. The summed E-state index contributed by atoms with van der Waals surface area (Å²) in [5.74, 6) is 0.345. The summed E-state index contributed by atoms with van der Waals surface area (Å²) in [5.41, 5.74) is 0.685. The molecule has 0 aromatic carbocycles. The molecule has 0 unspecified atom stereocenters. The second-order valence-corrected chi connectivity index (χ2v) is 5.76. The largest absolute Gasteiger partial charge is 0.401 e. The Bertz CT molecular complexity index is 578. The molecule has 1 aromatic rings. The van der Waals surface area contributed by atoms with E-state index in [0.717, 1.165) is 0 Å². The highest BCUT2D eigenvalue weighted by Crippen LogP contribution is 2.17. The van der Waals surface area contributed by atoms with Crippen LogP contribution in [-0.4, -0.2) is 78.7 Å². The maximum Gasteiger partial charge on any atom is 0.401 e. The van der Waals surface area contributed by atoms with Crippen LogP contribution in [0.2, 0.25) is 0 Å². The highest BCUT2D eigenvalue weighted by Gasteiger charge is 2.32. The molecular weight excluding hydrogens is 323 g/mol. The molecule has 132 valence electrons. The fraction of sp³-hybridized carbons (Fsp3) is 0.533. The summed E-state index contributed by atoms with van der Waals surface area (Å²) in [7, 11) is 3.65. The normalized spacial score (nSPS) is 16.6. The lowest BCUT2D eigenvalue weighted by Gasteiger charge is -2.34. The Labute approximate surface area is 138 Å². The molecule has 2 heterocycles. The molecule has 0 bridgehead atoms. The van der Waals surface area contributed by atoms with Gasteiger partial charge in [-0.25, -0.2) is 9.97 Å². The predicted molar refractivity (Wildman–Crippen MR) is 84.5 cm³/mol. The lowest BCUT2D eigenvalue weighted by molar-refractivity contribution is -0.150. The molecule has 0 atom stereocenters. The second kappa shape index (κ2) is 7.61. The van der Waals surface area contributed by atoms with Gasteiger partial charge in [0.2, 0.25) is 11.9 Å². The first kappa shape index (κ1) is 18.2.